The van der Waals surface area contributed by atoms with Crippen molar-refractivity contribution in [3.05, 3.63) is 315 Å². The maximum Gasteiger partial charge on any atom is 0.104 e. The highest BCUT2D eigenvalue weighted by molar-refractivity contribution is 6.13. The summed E-state index contributed by atoms with van der Waals surface area (Å²) in [7, 11) is 0. The quantitative estimate of drug-likeness (QED) is 0.128. The molecular weight excluding hydrogens is 1100 g/mol. The minimum absolute atomic E-state index is 0.449. The van der Waals surface area contributed by atoms with Gasteiger partial charge in [0.1, 0.15) is 11.6 Å². The van der Waals surface area contributed by atoms with Crippen molar-refractivity contribution in [2.45, 2.75) is 0 Å². The second kappa shape index (κ2) is 22.3. The highest BCUT2D eigenvalue weighted by Crippen LogP contribution is 2.44. The van der Waals surface area contributed by atoms with Gasteiger partial charge in [-0.15, -0.1) is 0 Å². The van der Waals surface area contributed by atoms with Crippen molar-refractivity contribution in [1.29, 1.82) is 10.5 Å². The Hall–Kier alpha value is -12.6. The van der Waals surface area contributed by atoms with Gasteiger partial charge < -0.3 is 9.13 Å². The second-order valence-corrected chi connectivity index (χ2v) is 22.5. The first-order valence-electron chi connectivity index (χ1n) is 29.8. The zero-order valence-corrected chi connectivity index (χ0v) is 48.4. The van der Waals surface area contributed by atoms with Crippen LogP contribution in [0.5, 0.6) is 0 Å². The molecule has 16 aromatic rings. The molecule has 8 nitrogen and oxygen atoms in total. The van der Waals surface area contributed by atoms with Gasteiger partial charge in [0.2, 0.25) is 0 Å². The smallest absolute Gasteiger partial charge is 0.104 e. The third-order valence-corrected chi connectivity index (χ3v) is 17.2. The number of hydrogen-bond donors (Lipinski definition) is 0. The topological polar surface area (TPSA) is 109 Å². The molecule has 6 heterocycles. The van der Waals surface area contributed by atoms with Crippen molar-refractivity contribution in [2.75, 3.05) is 0 Å². The molecule has 0 N–H and O–H groups in total. The molecule has 0 atom stereocenters. The van der Waals surface area contributed by atoms with Crippen LogP contribution in [0.1, 0.15) is 11.1 Å². The van der Waals surface area contributed by atoms with Gasteiger partial charge in [-0.1, -0.05) is 206 Å². The number of nitrogens with zero attached hydrogens (tertiary/aromatic N) is 8. The summed E-state index contributed by atoms with van der Waals surface area (Å²) in [5.74, 6) is 0. The molecule has 0 aliphatic heterocycles. The van der Waals surface area contributed by atoms with E-state index in [0.717, 1.165) is 144 Å². The lowest BCUT2D eigenvalue weighted by Crippen LogP contribution is -2.05. The minimum atomic E-state index is 0.449. The molecule has 0 saturated heterocycles. The fraction of sp³-hybridized carbons (Fsp3) is 0. The molecule has 0 aliphatic rings. The SMILES string of the molecule is N#Cc1cccc(-c2cc(-n3c4cc(-c5ccc(-c6ccccc6)nc5)ccc4c4ccc(-c5ccc(-c6ccccc6)nc5)cc43)c(C#N)c(-n3c4cc(-c5ccc(-c6ccccc6)nc5)ccc4c4ccc(-c5ccc(-c6ccccc6)nc5)cc43)c2)c1. The molecule has 6 aromatic heterocycles. The first-order valence-corrected chi connectivity index (χ1v) is 29.8. The van der Waals surface area contributed by atoms with Crippen LogP contribution in [-0.2, 0) is 0 Å². The second-order valence-electron chi connectivity index (χ2n) is 22.5. The van der Waals surface area contributed by atoms with Crippen LogP contribution in [0.3, 0.4) is 0 Å². The molecule has 0 spiro atoms. The number of benzene rings is 10. The largest absolute Gasteiger partial charge is 0.308 e. The van der Waals surface area contributed by atoms with E-state index in [4.69, 9.17) is 19.9 Å². The molecule has 0 unspecified atom stereocenters. The Morgan fingerprint density at radius 2 is 0.522 bits per heavy atom. The lowest BCUT2D eigenvalue weighted by atomic mass is 9.98. The molecule has 10 aromatic carbocycles. The van der Waals surface area contributed by atoms with E-state index in [1.54, 1.807) is 0 Å². The van der Waals surface area contributed by atoms with Crippen LogP contribution in [0.4, 0.5) is 0 Å². The van der Waals surface area contributed by atoms with E-state index in [9.17, 15) is 10.5 Å². The van der Waals surface area contributed by atoms with Crippen molar-refractivity contribution in [1.82, 2.24) is 29.1 Å². The number of aromatic nitrogens is 6. The van der Waals surface area contributed by atoms with Gasteiger partial charge in [0, 0.05) is 90.8 Å². The van der Waals surface area contributed by atoms with Crippen LogP contribution in [0, 0.1) is 22.7 Å². The first-order chi connectivity index (χ1) is 44.5. The van der Waals surface area contributed by atoms with Gasteiger partial charge in [-0.3, -0.25) is 19.9 Å². The summed E-state index contributed by atoms with van der Waals surface area (Å²) in [4.78, 5) is 19.9. The lowest BCUT2D eigenvalue weighted by Gasteiger charge is -2.19. The molecule has 0 saturated carbocycles. The normalized spacial score (nSPS) is 11.3. The fourth-order valence-electron chi connectivity index (χ4n) is 12.7. The van der Waals surface area contributed by atoms with Crippen molar-refractivity contribution in [3.63, 3.8) is 0 Å². The Morgan fingerprint density at radius 3 is 0.800 bits per heavy atom. The Labute approximate surface area is 519 Å². The van der Waals surface area contributed by atoms with Crippen LogP contribution in [0.25, 0.3) is 156 Å². The molecule has 0 fully saturated rings. The van der Waals surface area contributed by atoms with Crippen LogP contribution in [0.2, 0.25) is 0 Å². The van der Waals surface area contributed by atoms with E-state index in [0.29, 0.717) is 22.5 Å². The number of pyridine rings is 4. The van der Waals surface area contributed by atoms with Gasteiger partial charge in [-0.25, -0.2) is 0 Å². The van der Waals surface area contributed by atoms with Crippen molar-refractivity contribution in [2.24, 2.45) is 0 Å². The number of rotatable bonds is 11. The standard InChI is InChI=1S/C82H50N8/c83-47-53-14-13-23-58(40-53)67-45-81(89-77-41-59(63-28-36-73(85-49-63)54-15-5-1-6-16-54)24-32-68(77)69-33-25-60(42-78(69)89)64-29-37-74(86-50-64)55-17-7-2-8-18-55)72(48-84)82(46-67)90-79-43-61(65-30-38-75(87-51-65)56-19-9-3-10-20-56)26-34-70(79)71-35-27-62(44-80(71)90)66-31-39-76(88-52-66)57-21-11-4-12-22-57/h1-46,49-52H. The summed E-state index contributed by atoms with van der Waals surface area (Å²) in [5.41, 5.74) is 23.0. The molecule has 418 valence electrons. The number of nitriles is 2. The molecule has 0 amide bonds. The summed E-state index contributed by atoms with van der Waals surface area (Å²) in [6.07, 6.45) is 7.76. The van der Waals surface area contributed by atoms with Gasteiger partial charge in [-0.2, -0.15) is 10.5 Å². The van der Waals surface area contributed by atoms with Gasteiger partial charge in [-0.05, 0) is 106 Å². The Balaban J connectivity index is 0.962. The maximum absolute atomic E-state index is 12.3. The summed E-state index contributed by atoms with van der Waals surface area (Å²) in [5, 5.41) is 26.8. The zero-order chi connectivity index (χ0) is 60.1. The molecular formula is C82H50N8. The molecule has 0 aliphatic carbocycles. The first kappa shape index (κ1) is 52.9. The predicted molar refractivity (Wildman–Crippen MR) is 365 cm³/mol. The highest BCUT2D eigenvalue weighted by Gasteiger charge is 2.25. The maximum atomic E-state index is 12.3. The van der Waals surface area contributed by atoms with Crippen molar-refractivity contribution >= 4 is 43.6 Å². The predicted octanol–water partition coefficient (Wildman–Crippen LogP) is 20.2. The average molecular weight is 1150 g/mol. The summed E-state index contributed by atoms with van der Waals surface area (Å²) < 4.78 is 4.53. The summed E-state index contributed by atoms with van der Waals surface area (Å²) in [6, 6.07) is 101. The third-order valence-electron chi connectivity index (χ3n) is 17.2. The van der Waals surface area contributed by atoms with Crippen LogP contribution < -0.4 is 0 Å². The van der Waals surface area contributed by atoms with E-state index >= 15 is 0 Å². The zero-order valence-electron chi connectivity index (χ0n) is 48.4. The average Bonchev–Trinajstić information content (AvgIpc) is 1.57. The number of fused-ring (bicyclic) bond motifs is 6. The fourth-order valence-corrected chi connectivity index (χ4v) is 12.7. The molecule has 0 bridgehead atoms. The Bertz CT molecular complexity index is 4900. The van der Waals surface area contributed by atoms with Crippen molar-refractivity contribution in [3.8, 4) is 124 Å². The Morgan fingerprint density at radius 1 is 0.233 bits per heavy atom. The van der Waals surface area contributed by atoms with E-state index in [1.165, 1.54) is 0 Å². The molecule has 90 heavy (non-hydrogen) atoms. The number of hydrogen-bond acceptors (Lipinski definition) is 6. The molecule has 0 radical (unpaired) electrons. The third kappa shape index (κ3) is 9.51. The lowest BCUT2D eigenvalue weighted by molar-refractivity contribution is 1.12. The van der Waals surface area contributed by atoms with Gasteiger partial charge in [0.15, 0.2) is 0 Å². The molecule has 8 heteroatoms. The van der Waals surface area contributed by atoms with E-state index in [-0.39, 0.29) is 0 Å². The van der Waals surface area contributed by atoms with Crippen molar-refractivity contribution < 1.29 is 0 Å². The summed E-state index contributed by atoms with van der Waals surface area (Å²) in [6.45, 7) is 0. The molecule has 16 rings (SSSR count). The van der Waals surface area contributed by atoms with Gasteiger partial charge >= 0.3 is 0 Å². The van der Waals surface area contributed by atoms with E-state index in [1.807, 2.05) is 122 Å². The van der Waals surface area contributed by atoms with E-state index in [2.05, 4.69) is 203 Å². The Kier molecular flexibility index (Phi) is 13.1. The highest BCUT2D eigenvalue weighted by atomic mass is 15.0. The van der Waals surface area contributed by atoms with Gasteiger partial charge in [0.05, 0.1) is 67.8 Å². The van der Waals surface area contributed by atoms with Crippen LogP contribution in [-0.4, -0.2) is 29.1 Å². The summed E-state index contributed by atoms with van der Waals surface area (Å²) >= 11 is 0. The van der Waals surface area contributed by atoms with E-state index < -0.39 is 0 Å². The minimum Gasteiger partial charge on any atom is -0.308 e. The monoisotopic (exact) mass is 1150 g/mol. The van der Waals surface area contributed by atoms with Crippen LogP contribution in [0.15, 0.2) is 304 Å². The van der Waals surface area contributed by atoms with Crippen LogP contribution >= 0.6 is 0 Å². The van der Waals surface area contributed by atoms with Gasteiger partial charge in [0.25, 0.3) is 0 Å².